The molecule has 0 N–H and O–H groups in total. The summed E-state index contributed by atoms with van der Waals surface area (Å²) in [4.78, 5) is 7.93. The van der Waals surface area contributed by atoms with E-state index in [1.807, 2.05) is 6.92 Å². The molecule has 0 atom stereocenters. The summed E-state index contributed by atoms with van der Waals surface area (Å²) in [7, 11) is 0. The number of rotatable bonds is 2. The molecular weight excluding hydrogens is 236 g/mol. The number of nitrogens with zero attached hydrogens (tertiary/aromatic N) is 4. The van der Waals surface area contributed by atoms with Crippen molar-refractivity contribution in [3.63, 3.8) is 0 Å². The molecule has 5 nitrogen and oxygen atoms in total. The highest BCUT2D eigenvalue weighted by atomic mass is 35.5. The van der Waals surface area contributed by atoms with Crippen LogP contribution in [-0.2, 0) is 0 Å². The van der Waals surface area contributed by atoms with Gasteiger partial charge in [-0.05, 0) is 30.3 Å². The van der Waals surface area contributed by atoms with Crippen LogP contribution < -0.4 is 0 Å². The molecule has 0 aliphatic rings. The van der Waals surface area contributed by atoms with Crippen LogP contribution in [0.4, 0.5) is 0 Å². The van der Waals surface area contributed by atoms with Gasteiger partial charge in [-0.1, -0.05) is 0 Å². The first-order chi connectivity index (χ1) is 7.15. The normalized spacial score (nSPS) is 10.6. The monoisotopic (exact) mass is 242 g/mol. The van der Waals surface area contributed by atoms with E-state index >= 15 is 0 Å². The number of halogens is 1. The van der Waals surface area contributed by atoms with Gasteiger partial charge in [-0.25, -0.2) is 9.97 Å². The summed E-state index contributed by atoms with van der Waals surface area (Å²) < 4.78 is 5.22. The molecule has 0 aliphatic heterocycles. The van der Waals surface area contributed by atoms with Crippen molar-refractivity contribution in [2.75, 3.05) is 0 Å². The first-order valence-electron chi connectivity index (χ1n) is 4.12. The van der Waals surface area contributed by atoms with E-state index in [0.717, 1.165) is 10.6 Å². The van der Waals surface area contributed by atoms with Crippen LogP contribution in [0.15, 0.2) is 20.9 Å². The third-order valence-electron chi connectivity index (χ3n) is 1.59. The summed E-state index contributed by atoms with van der Waals surface area (Å²) in [5.41, 5.74) is 0.917. The molecule has 0 unspecified atom stereocenters. The van der Waals surface area contributed by atoms with Gasteiger partial charge in [0.15, 0.2) is 0 Å². The zero-order valence-electron chi connectivity index (χ0n) is 8.06. The Labute approximate surface area is 95.3 Å². The van der Waals surface area contributed by atoms with Crippen LogP contribution in [0.25, 0.3) is 0 Å². The molecule has 2 aromatic rings. The van der Waals surface area contributed by atoms with Crippen molar-refractivity contribution in [1.29, 1.82) is 0 Å². The lowest BCUT2D eigenvalue weighted by Gasteiger charge is -1.99. The second kappa shape index (κ2) is 4.16. The van der Waals surface area contributed by atoms with E-state index in [-0.39, 0.29) is 5.28 Å². The van der Waals surface area contributed by atoms with Crippen molar-refractivity contribution in [3.05, 3.63) is 22.9 Å². The second-order valence-electron chi connectivity index (χ2n) is 2.82. The predicted octanol–water partition coefficient (Wildman–Crippen LogP) is 2.28. The van der Waals surface area contributed by atoms with Crippen LogP contribution in [-0.4, -0.2) is 20.2 Å². The predicted molar refractivity (Wildman–Crippen MR) is 54.9 cm³/mol. The molecule has 0 saturated heterocycles. The minimum atomic E-state index is 0.208. The first kappa shape index (κ1) is 10.4. The molecule has 2 rings (SSSR count). The van der Waals surface area contributed by atoms with Crippen molar-refractivity contribution >= 4 is 23.4 Å². The van der Waals surface area contributed by atoms with Gasteiger partial charge in [-0.3, -0.25) is 0 Å². The topological polar surface area (TPSA) is 64.7 Å². The van der Waals surface area contributed by atoms with Crippen LogP contribution >= 0.6 is 23.4 Å². The Morgan fingerprint density at radius 1 is 1.33 bits per heavy atom. The SMILES string of the molecule is Cc1nnc(Sc2nc(Cl)ncc2C)o1. The van der Waals surface area contributed by atoms with Gasteiger partial charge in [-0.15, -0.1) is 10.2 Å². The molecule has 78 valence electrons. The molecule has 0 amide bonds. The van der Waals surface area contributed by atoms with E-state index in [1.165, 1.54) is 11.8 Å². The largest absolute Gasteiger partial charge is 0.416 e. The summed E-state index contributed by atoms with van der Waals surface area (Å²) >= 11 is 6.96. The van der Waals surface area contributed by atoms with E-state index < -0.39 is 0 Å². The van der Waals surface area contributed by atoms with Crippen LogP contribution in [0.2, 0.25) is 5.28 Å². The summed E-state index contributed by atoms with van der Waals surface area (Å²) in [6.45, 7) is 3.62. The van der Waals surface area contributed by atoms with Gasteiger partial charge >= 0.3 is 0 Å². The van der Waals surface area contributed by atoms with Crippen molar-refractivity contribution in [1.82, 2.24) is 20.2 Å². The van der Waals surface area contributed by atoms with E-state index in [0.29, 0.717) is 11.1 Å². The fraction of sp³-hybridized carbons (Fsp3) is 0.250. The average Bonchev–Trinajstić information content (AvgIpc) is 2.58. The number of aromatic nitrogens is 4. The maximum absolute atomic E-state index is 5.69. The second-order valence-corrected chi connectivity index (χ2v) is 4.09. The van der Waals surface area contributed by atoms with Gasteiger partial charge in [0.25, 0.3) is 5.22 Å². The Bertz CT molecular complexity index is 487. The minimum Gasteiger partial charge on any atom is -0.416 e. The third-order valence-corrected chi connectivity index (χ3v) is 2.72. The minimum absolute atomic E-state index is 0.208. The molecule has 2 aromatic heterocycles. The zero-order valence-corrected chi connectivity index (χ0v) is 9.63. The van der Waals surface area contributed by atoms with Crippen LogP contribution in [0.5, 0.6) is 0 Å². The Balaban J connectivity index is 2.27. The molecule has 7 heteroatoms. The van der Waals surface area contributed by atoms with E-state index in [4.69, 9.17) is 16.0 Å². The van der Waals surface area contributed by atoms with Gasteiger partial charge < -0.3 is 4.42 Å². The Morgan fingerprint density at radius 3 is 2.80 bits per heavy atom. The molecule has 0 spiro atoms. The Hall–Kier alpha value is -1.14. The van der Waals surface area contributed by atoms with Crippen molar-refractivity contribution in [2.24, 2.45) is 0 Å². The van der Waals surface area contributed by atoms with Crippen molar-refractivity contribution < 1.29 is 4.42 Å². The Kier molecular flexibility index (Phi) is 2.88. The molecule has 0 radical (unpaired) electrons. The van der Waals surface area contributed by atoms with Gasteiger partial charge in [0, 0.05) is 18.7 Å². The molecule has 0 bridgehead atoms. The number of aryl methyl sites for hydroxylation is 2. The van der Waals surface area contributed by atoms with Crippen LogP contribution in [0, 0.1) is 13.8 Å². The van der Waals surface area contributed by atoms with E-state index in [2.05, 4.69) is 20.2 Å². The lowest BCUT2D eigenvalue weighted by molar-refractivity contribution is 0.429. The van der Waals surface area contributed by atoms with Gasteiger partial charge in [-0.2, -0.15) is 0 Å². The number of hydrogen-bond donors (Lipinski definition) is 0. The van der Waals surface area contributed by atoms with Crippen LogP contribution in [0.3, 0.4) is 0 Å². The van der Waals surface area contributed by atoms with Crippen molar-refractivity contribution in [2.45, 2.75) is 24.1 Å². The molecule has 0 saturated carbocycles. The lowest BCUT2D eigenvalue weighted by Crippen LogP contribution is -1.89. The molecule has 0 aliphatic carbocycles. The fourth-order valence-corrected chi connectivity index (χ4v) is 1.85. The quantitative estimate of drug-likeness (QED) is 0.595. The molecule has 15 heavy (non-hydrogen) atoms. The standard InChI is InChI=1S/C8H7ClN4OS/c1-4-3-10-7(9)11-6(4)15-8-13-12-5(2)14-8/h3H,1-2H3. The van der Waals surface area contributed by atoms with Crippen LogP contribution in [0.1, 0.15) is 11.5 Å². The Morgan fingerprint density at radius 2 is 2.13 bits per heavy atom. The van der Waals surface area contributed by atoms with Gasteiger partial charge in [0.2, 0.25) is 11.2 Å². The van der Waals surface area contributed by atoms with Gasteiger partial charge in [0.1, 0.15) is 5.03 Å². The maximum Gasteiger partial charge on any atom is 0.282 e. The highest BCUT2D eigenvalue weighted by molar-refractivity contribution is 7.99. The van der Waals surface area contributed by atoms with E-state index in [1.54, 1.807) is 13.1 Å². The third kappa shape index (κ3) is 2.45. The fourth-order valence-electron chi connectivity index (χ4n) is 0.912. The summed E-state index contributed by atoms with van der Waals surface area (Å²) in [5.74, 6) is 0.523. The molecule has 0 fully saturated rings. The number of hydrogen-bond acceptors (Lipinski definition) is 6. The van der Waals surface area contributed by atoms with Gasteiger partial charge in [0.05, 0.1) is 0 Å². The maximum atomic E-state index is 5.69. The zero-order chi connectivity index (χ0) is 10.8. The smallest absolute Gasteiger partial charge is 0.282 e. The lowest BCUT2D eigenvalue weighted by atomic mass is 10.4. The molecular formula is C8H7ClN4OS. The summed E-state index contributed by atoms with van der Waals surface area (Å²) in [6.07, 6.45) is 1.65. The molecule has 0 aromatic carbocycles. The van der Waals surface area contributed by atoms with E-state index in [9.17, 15) is 0 Å². The first-order valence-corrected chi connectivity index (χ1v) is 5.31. The highest BCUT2D eigenvalue weighted by Crippen LogP contribution is 2.27. The molecule has 2 heterocycles. The summed E-state index contributed by atoms with van der Waals surface area (Å²) in [5, 5.41) is 8.95. The highest BCUT2D eigenvalue weighted by Gasteiger charge is 2.09. The van der Waals surface area contributed by atoms with Crippen molar-refractivity contribution in [3.8, 4) is 0 Å². The average molecular weight is 243 g/mol. The summed E-state index contributed by atoms with van der Waals surface area (Å²) in [6, 6.07) is 0.